The van der Waals surface area contributed by atoms with Crippen molar-refractivity contribution in [3.63, 3.8) is 0 Å². The Morgan fingerprint density at radius 2 is 1.83 bits per heavy atom. The SMILES string of the molecule is CC(=O)N1CCC[C@H]2[C@@H]1CCN2C(=O)c1cc(Cl)cc(Cl)c1O. The second kappa shape index (κ2) is 6.21. The third-order valence-corrected chi connectivity index (χ3v) is 5.24. The van der Waals surface area contributed by atoms with E-state index in [9.17, 15) is 14.7 Å². The lowest BCUT2D eigenvalue weighted by atomic mass is 9.96. The summed E-state index contributed by atoms with van der Waals surface area (Å²) in [6.45, 7) is 2.86. The second-order valence-electron chi connectivity index (χ2n) is 6.06. The number of halogens is 2. The highest BCUT2D eigenvalue weighted by Crippen LogP contribution is 2.36. The monoisotopic (exact) mass is 356 g/mol. The van der Waals surface area contributed by atoms with Crippen LogP contribution < -0.4 is 0 Å². The van der Waals surface area contributed by atoms with Crippen LogP contribution in [0, 0.1) is 0 Å². The van der Waals surface area contributed by atoms with Crippen LogP contribution in [0.5, 0.6) is 5.75 Å². The van der Waals surface area contributed by atoms with E-state index in [2.05, 4.69) is 0 Å². The van der Waals surface area contributed by atoms with E-state index in [4.69, 9.17) is 23.2 Å². The van der Waals surface area contributed by atoms with Crippen LogP contribution in [-0.2, 0) is 4.79 Å². The van der Waals surface area contributed by atoms with Crippen molar-refractivity contribution < 1.29 is 14.7 Å². The maximum Gasteiger partial charge on any atom is 0.258 e. The third kappa shape index (κ3) is 2.88. The molecular formula is C16H18Cl2N2O3. The maximum absolute atomic E-state index is 12.8. The Morgan fingerprint density at radius 1 is 1.13 bits per heavy atom. The summed E-state index contributed by atoms with van der Waals surface area (Å²) in [4.78, 5) is 28.2. The summed E-state index contributed by atoms with van der Waals surface area (Å²) >= 11 is 11.9. The maximum atomic E-state index is 12.8. The molecule has 0 saturated carbocycles. The Kier molecular flexibility index (Phi) is 4.43. The number of hydrogen-bond donors (Lipinski definition) is 1. The highest BCUT2D eigenvalue weighted by atomic mass is 35.5. The summed E-state index contributed by atoms with van der Waals surface area (Å²) in [6.07, 6.45) is 2.48. The molecule has 2 heterocycles. The van der Waals surface area contributed by atoms with Crippen molar-refractivity contribution in [1.82, 2.24) is 9.80 Å². The molecule has 0 bridgehead atoms. The zero-order chi connectivity index (χ0) is 16.7. The summed E-state index contributed by atoms with van der Waals surface area (Å²) in [6, 6.07) is 2.88. The van der Waals surface area contributed by atoms with E-state index in [0.717, 1.165) is 25.8 Å². The van der Waals surface area contributed by atoms with Crippen LogP contribution in [0.1, 0.15) is 36.5 Å². The molecule has 5 nitrogen and oxygen atoms in total. The second-order valence-corrected chi connectivity index (χ2v) is 6.90. The first-order valence-corrected chi connectivity index (χ1v) is 8.42. The lowest BCUT2D eigenvalue weighted by Crippen LogP contribution is -2.52. The topological polar surface area (TPSA) is 60.9 Å². The summed E-state index contributed by atoms with van der Waals surface area (Å²) in [5, 5.41) is 10.5. The number of phenolic OH excluding ortho intramolecular Hbond substituents is 1. The highest BCUT2D eigenvalue weighted by Gasteiger charge is 2.43. The summed E-state index contributed by atoms with van der Waals surface area (Å²) in [5.74, 6) is -0.490. The molecule has 124 valence electrons. The molecule has 1 aromatic carbocycles. The molecule has 2 amide bonds. The van der Waals surface area contributed by atoms with Crippen molar-refractivity contribution in [3.8, 4) is 5.75 Å². The van der Waals surface area contributed by atoms with Gasteiger partial charge in [-0.2, -0.15) is 0 Å². The standard InChI is InChI=1S/C16H18Cl2N2O3/c1-9(21)19-5-2-3-13-14(19)4-6-20(13)16(23)11-7-10(17)8-12(18)15(11)22/h7-8,13-14,22H,2-6H2,1H3/t13-,14-/m0/s1. The predicted octanol–water partition coefficient (Wildman–Crippen LogP) is 2.92. The number of likely N-dealkylation sites (tertiary alicyclic amines) is 2. The van der Waals surface area contributed by atoms with E-state index in [0.29, 0.717) is 11.6 Å². The number of rotatable bonds is 1. The van der Waals surface area contributed by atoms with Gasteiger partial charge in [-0.05, 0) is 31.4 Å². The number of nitrogens with zero attached hydrogens (tertiary/aromatic N) is 2. The van der Waals surface area contributed by atoms with E-state index in [1.54, 1.807) is 11.8 Å². The molecule has 0 radical (unpaired) electrons. The van der Waals surface area contributed by atoms with Crippen LogP contribution in [0.15, 0.2) is 12.1 Å². The van der Waals surface area contributed by atoms with E-state index in [1.807, 2.05) is 4.90 Å². The smallest absolute Gasteiger partial charge is 0.258 e. The Balaban J connectivity index is 1.88. The van der Waals surface area contributed by atoms with Gasteiger partial charge < -0.3 is 14.9 Å². The molecule has 0 unspecified atom stereocenters. The minimum absolute atomic E-state index is 0.0164. The number of carbonyl (C=O) groups excluding carboxylic acids is 2. The number of phenols is 1. The van der Waals surface area contributed by atoms with Crippen LogP contribution in [0.3, 0.4) is 0 Å². The van der Waals surface area contributed by atoms with E-state index in [1.165, 1.54) is 12.1 Å². The Hall–Kier alpha value is -1.46. The van der Waals surface area contributed by atoms with Gasteiger partial charge in [-0.1, -0.05) is 23.2 Å². The van der Waals surface area contributed by atoms with Crippen LogP contribution in [0.2, 0.25) is 10.0 Å². The molecule has 2 aliphatic heterocycles. The van der Waals surface area contributed by atoms with Crippen LogP contribution >= 0.6 is 23.2 Å². The van der Waals surface area contributed by atoms with Gasteiger partial charge in [-0.15, -0.1) is 0 Å². The van der Waals surface area contributed by atoms with Crippen molar-refractivity contribution in [2.24, 2.45) is 0 Å². The molecule has 2 saturated heterocycles. The number of benzene rings is 1. The average Bonchev–Trinajstić information content (AvgIpc) is 2.93. The highest BCUT2D eigenvalue weighted by molar-refractivity contribution is 6.36. The Labute approximate surface area is 144 Å². The zero-order valence-corrected chi connectivity index (χ0v) is 14.3. The number of hydrogen-bond acceptors (Lipinski definition) is 3. The average molecular weight is 357 g/mol. The largest absolute Gasteiger partial charge is 0.506 e. The number of fused-ring (bicyclic) bond motifs is 1. The fourth-order valence-electron chi connectivity index (χ4n) is 3.71. The molecule has 2 fully saturated rings. The normalized spacial score (nSPS) is 23.8. The third-order valence-electron chi connectivity index (χ3n) is 4.73. The first-order chi connectivity index (χ1) is 10.9. The van der Waals surface area contributed by atoms with Gasteiger partial charge in [0.25, 0.3) is 5.91 Å². The minimum atomic E-state index is -0.287. The molecule has 0 aliphatic carbocycles. The van der Waals surface area contributed by atoms with E-state index in [-0.39, 0.29) is 40.2 Å². The fraction of sp³-hybridized carbons (Fsp3) is 0.500. The number of carbonyl (C=O) groups is 2. The summed E-state index contributed by atoms with van der Waals surface area (Å²) < 4.78 is 0. The molecular weight excluding hydrogens is 339 g/mol. The summed E-state index contributed by atoms with van der Waals surface area (Å²) in [7, 11) is 0. The molecule has 0 aromatic heterocycles. The van der Waals surface area contributed by atoms with Crippen molar-refractivity contribution in [2.75, 3.05) is 13.1 Å². The zero-order valence-electron chi connectivity index (χ0n) is 12.8. The first kappa shape index (κ1) is 16.4. The molecule has 2 aliphatic rings. The van der Waals surface area contributed by atoms with Crippen molar-refractivity contribution in [3.05, 3.63) is 27.7 Å². The summed E-state index contributed by atoms with van der Waals surface area (Å²) in [5.41, 5.74) is 0.114. The van der Waals surface area contributed by atoms with Gasteiger partial charge in [0.15, 0.2) is 0 Å². The fourth-order valence-corrected chi connectivity index (χ4v) is 4.21. The Morgan fingerprint density at radius 3 is 2.52 bits per heavy atom. The van der Waals surface area contributed by atoms with Crippen LogP contribution in [0.4, 0.5) is 0 Å². The number of amides is 2. The van der Waals surface area contributed by atoms with Crippen LogP contribution in [0.25, 0.3) is 0 Å². The predicted molar refractivity (Wildman–Crippen MR) is 88.0 cm³/mol. The lowest BCUT2D eigenvalue weighted by Gasteiger charge is -2.39. The van der Waals surface area contributed by atoms with Gasteiger partial charge >= 0.3 is 0 Å². The molecule has 23 heavy (non-hydrogen) atoms. The number of aromatic hydroxyl groups is 1. The van der Waals surface area contributed by atoms with Gasteiger partial charge in [0, 0.05) is 25.0 Å². The van der Waals surface area contributed by atoms with Crippen LogP contribution in [-0.4, -0.2) is 51.9 Å². The van der Waals surface area contributed by atoms with Gasteiger partial charge in [-0.25, -0.2) is 0 Å². The number of piperidine rings is 1. The van der Waals surface area contributed by atoms with Crippen molar-refractivity contribution in [2.45, 2.75) is 38.3 Å². The van der Waals surface area contributed by atoms with Crippen molar-refractivity contribution in [1.29, 1.82) is 0 Å². The minimum Gasteiger partial charge on any atom is -0.506 e. The molecule has 1 N–H and O–H groups in total. The van der Waals surface area contributed by atoms with Crippen molar-refractivity contribution >= 4 is 35.0 Å². The van der Waals surface area contributed by atoms with Gasteiger partial charge in [0.1, 0.15) is 5.75 Å². The van der Waals surface area contributed by atoms with Gasteiger partial charge in [-0.3, -0.25) is 9.59 Å². The molecule has 0 spiro atoms. The molecule has 1 aromatic rings. The van der Waals surface area contributed by atoms with E-state index < -0.39 is 0 Å². The first-order valence-electron chi connectivity index (χ1n) is 7.66. The van der Waals surface area contributed by atoms with E-state index >= 15 is 0 Å². The van der Waals surface area contributed by atoms with Gasteiger partial charge in [0.05, 0.1) is 22.7 Å². The Bertz CT molecular complexity index is 665. The lowest BCUT2D eigenvalue weighted by molar-refractivity contribution is -0.133. The molecule has 3 rings (SSSR count). The molecule has 2 atom stereocenters. The van der Waals surface area contributed by atoms with Gasteiger partial charge in [0.2, 0.25) is 5.91 Å². The molecule has 7 heteroatoms. The quantitative estimate of drug-likeness (QED) is 0.841.